The lowest BCUT2D eigenvalue weighted by Gasteiger charge is -2.02. The van der Waals surface area contributed by atoms with Gasteiger partial charge in [0.25, 0.3) is 0 Å². The molecule has 0 aliphatic heterocycles. The lowest BCUT2D eigenvalue weighted by atomic mass is 10.2. The Morgan fingerprint density at radius 3 is 2.54 bits per heavy atom. The van der Waals surface area contributed by atoms with Gasteiger partial charge in [-0.15, -0.1) is 0 Å². The maximum Gasteiger partial charge on any atom is 0.0716 e. The SMILES string of the molecule is NCCCOCc1ccc(Cl)cc1. The molecule has 0 unspecified atom stereocenters. The Labute approximate surface area is 83.6 Å². The molecule has 0 radical (unpaired) electrons. The van der Waals surface area contributed by atoms with Gasteiger partial charge in [0.15, 0.2) is 0 Å². The summed E-state index contributed by atoms with van der Waals surface area (Å²) in [4.78, 5) is 0. The van der Waals surface area contributed by atoms with Crippen LogP contribution in [0.5, 0.6) is 0 Å². The number of benzene rings is 1. The summed E-state index contributed by atoms with van der Waals surface area (Å²) in [5, 5.41) is 0.755. The third-order valence-corrected chi connectivity index (χ3v) is 1.93. The molecule has 0 fully saturated rings. The van der Waals surface area contributed by atoms with Gasteiger partial charge in [-0.05, 0) is 30.7 Å². The molecule has 0 aromatic heterocycles. The molecule has 0 heterocycles. The van der Waals surface area contributed by atoms with Crippen LogP contribution in [0.25, 0.3) is 0 Å². The first kappa shape index (κ1) is 10.5. The summed E-state index contributed by atoms with van der Waals surface area (Å²) in [6.07, 6.45) is 0.910. The maximum absolute atomic E-state index is 5.74. The van der Waals surface area contributed by atoms with Gasteiger partial charge in [-0.2, -0.15) is 0 Å². The minimum atomic E-state index is 0.636. The first-order chi connectivity index (χ1) is 6.33. The molecule has 0 saturated carbocycles. The van der Waals surface area contributed by atoms with Gasteiger partial charge in [-0.3, -0.25) is 0 Å². The number of nitrogens with two attached hydrogens (primary N) is 1. The second kappa shape index (κ2) is 5.97. The first-order valence-corrected chi connectivity index (χ1v) is 4.73. The van der Waals surface area contributed by atoms with Gasteiger partial charge in [0.1, 0.15) is 0 Å². The van der Waals surface area contributed by atoms with E-state index in [9.17, 15) is 0 Å². The minimum Gasteiger partial charge on any atom is -0.377 e. The van der Waals surface area contributed by atoms with E-state index >= 15 is 0 Å². The Hall–Kier alpha value is -0.570. The van der Waals surface area contributed by atoms with Crippen LogP contribution in [-0.4, -0.2) is 13.2 Å². The highest BCUT2D eigenvalue weighted by Crippen LogP contribution is 2.10. The summed E-state index contributed by atoms with van der Waals surface area (Å²) in [7, 11) is 0. The van der Waals surface area contributed by atoms with Gasteiger partial charge >= 0.3 is 0 Å². The second-order valence-electron chi connectivity index (χ2n) is 2.82. The summed E-state index contributed by atoms with van der Waals surface area (Å²) in [6, 6.07) is 7.65. The van der Waals surface area contributed by atoms with Crippen LogP contribution in [0.1, 0.15) is 12.0 Å². The number of hydrogen-bond acceptors (Lipinski definition) is 2. The summed E-state index contributed by atoms with van der Waals surface area (Å²) in [5.41, 5.74) is 6.47. The van der Waals surface area contributed by atoms with E-state index in [0.717, 1.165) is 23.6 Å². The number of halogens is 1. The number of rotatable bonds is 5. The molecule has 0 aliphatic rings. The zero-order chi connectivity index (χ0) is 9.52. The molecule has 72 valence electrons. The van der Waals surface area contributed by atoms with Crippen molar-refractivity contribution in [1.29, 1.82) is 0 Å². The molecule has 1 rings (SSSR count). The topological polar surface area (TPSA) is 35.2 Å². The van der Waals surface area contributed by atoms with E-state index in [0.29, 0.717) is 13.2 Å². The van der Waals surface area contributed by atoms with Crippen LogP contribution in [-0.2, 0) is 11.3 Å². The zero-order valence-electron chi connectivity index (χ0n) is 7.50. The van der Waals surface area contributed by atoms with Crippen molar-refractivity contribution >= 4 is 11.6 Å². The van der Waals surface area contributed by atoms with Gasteiger partial charge in [0, 0.05) is 11.6 Å². The van der Waals surface area contributed by atoms with Crippen LogP contribution in [0, 0.1) is 0 Å². The van der Waals surface area contributed by atoms with Gasteiger partial charge in [-0.1, -0.05) is 23.7 Å². The van der Waals surface area contributed by atoms with Crippen LogP contribution >= 0.6 is 11.6 Å². The van der Waals surface area contributed by atoms with Gasteiger partial charge in [-0.25, -0.2) is 0 Å². The molecule has 0 spiro atoms. The molecule has 0 bridgehead atoms. The largest absolute Gasteiger partial charge is 0.377 e. The molecule has 0 atom stereocenters. The van der Waals surface area contributed by atoms with Crippen LogP contribution in [0.4, 0.5) is 0 Å². The summed E-state index contributed by atoms with van der Waals surface area (Å²) >= 11 is 5.74. The fourth-order valence-electron chi connectivity index (χ4n) is 0.956. The Balaban J connectivity index is 2.25. The van der Waals surface area contributed by atoms with Crippen molar-refractivity contribution in [3.8, 4) is 0 Å². The highest BCUT2D eigenvalue weighted by molar-refractivity contribution is 6.30. The smallest absolute Gasteiger partial charge is 0.0716 e. The summed E-state index contributed by atoms with van der Waals surface area (Å²) < 4.78 is 5.38. The van der Waals surface area contributed by atoms with Gasteiger partial charge in [0.05, 0.1) is 6.61 Å². The Kier molecular flexibility index (Phi) is 4.83. The van der Waals surface area contributed by atoms with Crippen LogP contribution in [0.2, 0.25) is 5.02 Å². The number of hydrogen-bond donors (Lipinski definition) is 1. The van der Waals surface area contributed by atoms with Gasteiger partial charge in [0.2, 0.25) is 0 Å². The molecule has 1 aromatic carbocycles. The van der Waals surface area contributed by atoms with Crippen molar-refractivity contribution < 1.29 is 4.74 Å². The van der Waals surface area contributed by atoms with Crippen molar-refractivity contribution in [2.45, 2.75) is 13.0 Å². The Morgan fingerprint density at radius 2 is 1.92 bits per heavy atom. The molecule has 3 heteroatoms. The van der Waals surface area contributed by atoms with Crippen LogP contribution in [0.15, 0.2) is 24.3 Å². The van der Waals surface area contributed by atoms with Crippen molar-refractivity contribution in [3.05, 3.63) is 34.9 Å². The van der Waals surface area contributed by atoms with Crippen molar-refractivity contribution in [2.75, 3.05) is 13.2 Å². The molecule has 13 heavy (non-hydrogen) atoms. The Bertz CT molecular complexity index is 235. The predicted octanol–water partition coefficient (Wildman–Crippen LogP) is 2.21. The fraction of sp³-hybridized carbons (Fsp3) is 0.400. The molecule has 1 aromatic rings. The van der Waals surface area contributed by atoms with E-state index < -0.39 is 0 Å². The predicted molar refractivity (Wildman–Crippen MR) is 54.8 cm³/mol. The van der Waals surface area contributed by atoms with E-state index in [1.807, 2.05) is 24.3 Å². The van der Waals surface area contributed by atoms with E-state index in [-0.39, 0.29) is 0 Å². The molecule has 2 nitrogen and oxygen atoms in total. The lowest BCUT2D eigenvalue weighted by Crippen LogP contribution is -2.04. The normalized spacial score (nSPS) is 10.3. The molecule has 0 saturated heterocycles. The van der Waals surface area contributed by atoms with Crippen molar-refractivity contribution in [2.24, 2.45) is 5.73 Å². The monoisotopic (exact) mass is 199 g/mol. The minimum absolute atomic E-state index is 0.636. The zero-order valence-corrected chi connectivity index (χ0v) is 8.26. The summed E-state index contributed by atoms with van der Waals surface area (Å²) in [6.45, 7) is 2.04. The molecular weight excluding hydrogens is 186 g/mol. The Morgan fingerprint density at radius 1 is 1.23 bits per heavy atom. The van der Waals surface area contributed by atoms with E-state index in [1.54, 1.807) is 0 Å². The van der Waals surface area contributed by atoms with E-state index in [1.165, 1.54) is 0 Å². The average molecular weight is 200 g/mol. The van der Waals surface area contributed by atoms with Crippen molar-refractivity contribution in [3.63, 3.8) is 0 Å². The highest BCUT2D eigenvalue weighted by atomic mass is 35.5. The van der Waals surface area contributed by atoms with Crippen LogP contribution in [0.3, 0.4) is 0 Å². The molecule has 0 amide bonds. The maximum atomic E-state index is 5.74. The third kappa shape index (κ3) is 4.27. The second-order valence-corrected chi connectivity index (χ2v) is 3.26. The highest BCUT2D eigenvalue weighted by Gasteiger charge is 1.92. The number of ether oxygens (including phenoxy) is 1. The van der Waals surface area contributed by atoms with E-state index in [4.69, 9.17) is 22.1 Å². The first-order valence-electron chi connectivity index (χ1n) is 4.35. The van der Waals surface area contributed by atoms with Crippen LogP contribution < -0.4 is 5.73 Å². The van der Waals surface area contributed by atoms with Crippen molar-refractivity contribution in [1.82, 2.24) is 0 Å². The summed E-state index contributed by atoms with van der Waals surface area (Å²) in [5.74, 6) is 0. The third-order valence-electron chi connectivity index (χ3n) is 1.67. The molecule has 2 N–H and O–H groups in total. The lowest BCUT2D eigenvalue weighted by molar-refractivity contribution is 0.120. The quantitative estimate of drug-likeness (QED) is 0.738. The molecular formula is C10H14ClNO. The fourth-order valence-corrected chi connectivity index (χ4v) is 1.08. The molecule has 0 aliphatic carbocycles. The van der Waals surface area contributed by atoms with E-state index in [2.05, 4.69) is 0 Å². The average Bonchev–Trinajstić information content (AvgIpc) is 2.15. The van der Waals surface area contributed by atoms with Gasteiger partial charge < -0.3 is 10.5 Å². The standard InChI is InChI=1S/C10H14ClNO/c11-10-4-2-9(3-5-10)8-13-7-1-6-12/h2-5H,1,6-8,12H2.